The highest BCUT2D eigenvalue weighted by Crippen LogP contribution is 1.96. The van der Waals surface area contributed by atoms with E-state index in [1.807, 2.05) is 13.7 Å². The largest absolute Gasteiger partial charge is 0.459 e. The zero-order valence-electron chi connectivity index (χ0n) is 6.08. The molecule has 0 heterocycles. The lowest BCUT2D eigenvalue weighted by atomic mass is 10.1. The molecule has 0 aliphatic heterocycles. The van der Waals surface area contributed by atoms with E-state index in [-0.39, 0.29) is 5.54 Å². The van der Waals surface area contributed by atoms with Crippen molar-refractivity contribution in [1.82, 2.24) is 10.6 Å². The lowest BCUT2D eigenvalue weighted by Gasteiger charge is -2.28. The molecule has 0 aliphatic carbocycles. The summed E-state index contributed by atoms with van der Waals surface area (Å²) in [6.45, 7) is 8.17. The fraction of sp³-hybridized carbons (Fsp3) is 0.833. The van der Waals surface area contributed by atoms with Gasteiger partial charge >= 0.3 is 0 Å². The van der Waals surface area contributed by atoms with E-state index in [0.29, 0.717) is 0 Å². The minimum atomic E-state index is 0.184. The normalized spacial score (nSPS) is 12.0. The molecule has 0 aliphatic rings. The molecule has 2 nitrogen and oxygen atoms in total. The van der Waals surface area contributed by atoms with Crippen LogP contribution in [0, 0.1) is 6.67 Å². The van der Waals surface area contributed by atoms with Crippen LogP contribution in [0.15, 0.2) is 0 Å². The molecule has 0 aromatic heterocycles. The summed E-state index contributed by atoms with van der Waals surface area (Å²) < 4.78 is 0. The first-order valence-electron chi connectivity index (χ1n) is 2.83. The average Bonchev–Trinajstić information content (AvgIpc) is 1.59. The third-order valence-electron chi connectivity index (χ3n) is 0.650. The maximum absolute atomic E-state index is 3.14. The number of hydrogen-bond donors (Lipinski definition) is 2. The fourth-order valence-corrected chi connectivity index (χ4v) is 0.289. The van der Waals surface area contributed by atoms with E-state index in [2.05, 4.69) is 31.4 Å². The Bertz CT molecular complexity index is 54.0. The van der Waals surface area contributed by atoms with E-state index in [1.165, 1.54) is 0 Å². The Hall–Kier alpha value is -0.0800. The second-order valence-electron chi connectivity index (χ2n) is 2.83. The number of rotatable bonds is 2. The van der Waals surface area contributed by atoms with Gasteiger partial charge < -0.3 is 10.6 Å². The van der Waals surface area contributed by atoms with Gasteiger partial charge in [-0.15, -0.1) is 0 Å². The lowest BCUT2D eigenvalue weighted by molar-refractivity contribution is 0.453. The zero-order chi connectivity index (χ0) is 6.62. The highest BCUT2D eigenvalue weighted by atomic mass is 15.1. The second-order valence-corrected chi connectivity index (χ2v) is 2.83. The molecule has 0 aromatic carbocycles. The Kier molecular flexibility index (Phi) is 3.02. The standard InChI is InChI=1S/C6H15N2/c1-6(2,3)8-5-7-4/h5,7-8H,1-4H3/q-1. The monoisotopic (exact) mass is 115 g/mol. The quantitative estimate of drug-likeness (QED) is 0.518. The summed E-state index contributed by atoms with van der Waals surface area (Å²) in [5, 5.41) is 6.02. The Morgan fingerprint density at radius 1 is 1.25 bits per heavy atom. The molecule has 0 saturated heterocycles. The molecule has 0 aromatic rings. The van der Waals surface area contributed by atoms with Crippen LogP contribution in [0.5, 0.6) is 0 Å². The van der Waals surface area contributed by atoms with Crippen molar-refractivity contribution in [3.05, 3.63) is 6.67 Å². The fourth-order valence-electron chi connectivity index (χ4n) is 0.289. The van der Waals surface area contributed by atoms with E-state index in [4.69, 9.17) is 0 Å². The van der Waals surface area contributed by atoms with E-state index in [0.717, 1.165) is 0 Å². The van der Waals surface area contributed by atoms with Gasteiger partial charge in [-0.05, 0) is 33.4 Å². The maximum atomic E-state index is 3.14. The molecule has 2 N–H and O–H groups in total. The summed E-state index contributed by atoms with van der Waals surface area (Å²) >= 11 is 0. The molecule has 0 saturated carbocycles. The van der Waals surface area contributed by atoms with Gasteiger partial charge in [0.15, 0.2) is 0 Å². The van der Waals surface area contributed by atoms with Crippen molar-refractivity contribution in [3.63, 3.8) is 0 Å². The topological polar surface area (TPSA) is 24.1 Å². The van der Waals surface area contributed by atoms with Crippen LogP contribution in [-0.2, 0) is 0 Å². The molecule has 0 unspecified atom stereocenters. The van der Waals surface area contributed by atoms with Crippen molar-refractivity contribution in [3.8, 4) is 0 Å². The minimum absolute atomic E-state index is 0.184. The van der Waals surface area contributed by atoms with Crippen LogP contribution in [0.25, 0.3) is 0 Å². The van der Waals surface area contributed by atoms with Crippen LogP contribution in [0.1, 0.15) is 20.8 Å². The molecule has 0 spiro atoms. The maximum Gasteiger partial charge on any atom is -0.0165 e. The molecule has 50 valence electrons. The summed E-state index contributed by atoms with van der Waals surface area (Å²) in [6, 6.07) is 0. The predicted octanol–water partition coefficient (Wildman–Crippen LogP) is 0.713. The van der Waals surface area contributed by atoms with E-state index >= 15 is 0 Å². The Morgan fingerprint density at radius 3 is 1.88 bits per heavy atom. The molecule has 0 rings (SSSR count). The summed E-state index contributed by atoms with van der Waals surface area (Å²) in [4.78, 5) is 0. The van der Waals surface area contributed by atoms with E-state index < -0.39 is 0 Å². The second kappa shape index (κ2) is 3.05. The molecule has 0 atom stereocenters. The van der Waals surface area contributed by atoms with Gasteiger partial charge in [-0.2, -0.15) is 0 Å². The minimum Gasteiger partial charge on any atom is -0.459 e. The van der Waals surface area contributed by atoms with Crippen LogP contribution in [0.2, 0.25) is 0 Å². The van der Waals surface area contributed by atoms with E-state index in [9.17, 15) is 0 Å². The molecule has 0 fully saturated rings. The third-order valence-corrected chi connectivity index (χ3v) is 0.650. The molecular formula is C6H15N2-. The van der Waals surface area contributed by atoms with Crippen LogP contribution in [0.3, 0.4) is 0 Å². The molecule has 8 heavy (non-hydrogen) atoms. The van der Waals surface area contributed by atoms with Gasteiger partial charge in [0.05, 0.1) is 0 Å². The van der Waals surface area contributed by atoms with Crippen LogP contribution in [0.4, 0.5) is 0 Å². The van der Waals surface area contributed by atoms with Gasteiger partial charge in [-0.1, -0.05) is 0 Å². The van der Waals surface area contributed by atoms with Gasteiger partial charge in [-0.25, -0.2) is 6.67 Å². The Balaban J connectivity index is 3.11. The van der Waals surface area contributed by atoms with Gasteiger partial charge in [0.25, 0.3) is 0 Å². The van der Waals surface area contributed by atoms with Crippen molar-refractivity contribution in [2.24, 2.45) is 0 Å². The molecule has 0 amide bonds. The van der Waals surface area contributed by atoms with Gasteiger partial charge in [0.2, 0.25) is 0 Å². The first kappa shape index (κ1) is 7.92. The number of nitrogens with one attached hydrogen (secondary N) is 2. The van der Waals surface area contributed by atoms with Crippen LogP contribution >= 0.6 is 0 Å². The van der Waals surface area contributed by atoms with Crippen molar-refractivity contribution in [2.75, 3.05) is 7.05 Å². The molecule has 0 bridgehead atoms. The lowest BCUT2D eigenvalue weighted by Crippen LogP contribution is -2.36. The molecule has 0 radical (unpaired) electrons. The SMILES string of the molecule is CN[CH-]NC(C)(C)C. The Labute approximate surface area is 51.7 Å². The van der Waals surface area contributed by atoms with E-state index in [1.54, 1.807) is 0 Å². The Morgan fingerprint density at radius 2 is 1.75 bits per heavy atom. The van der Waals surface area contributed by atoms with Crippen LogP contribution in [-0.4, -0.2) is 12.6 Å². The first-order chi connectivity index (χ1) is 3.56. The van der Waals surface area contributed by atoms with Crippen molar-refractivity contribution in [2.45, 2.75) is 26.3 Å². The summed E-state index contributed by atoms with van der Waals surface area (Å²) in [5.74, 6) is 0. The van der Waals surface area contributed by atoms with Crippen molar-refractivity contribution < 1.29 is 0 Å². The summed E-state index contributed by atoms with van der Waals surface area (Å²) in [7, 11) is 1.87. The average molecular weight is 115 g/mol. The summed E-state index contributed by atoms with van der Waals surface area (Å²) in [5.41, 5.74) is 0.184. The van der Waals surface area contributed by atoms with Crippen molar-refractivity contribution in [1.29, 1.82) is 0 Å². The molecule has 2 heteroatoms. The third kappa shape index (κ3) is 5.92. The first-order valence-corrected chi connectivity index (χ1v) is 2.83. The van der Waals surface area contributed by atoms with Gasteiger partial charge in [0.1, 0.15) is 0 Å². The summed E-state index contributed by atoms with van der Waals surface area (Å²) in [6.07, 6.45) is 0. The highest BCUT2D eigenvalue weighted by molar-refractivity contribution is 4.73. The van der Waals surface area contributed by atoms with Crippen LogP contribution < -0.4 is 10.6 Å². The molecular weight excluding hydrogens is 100 g/mol. The predicted molar refractivity (Wildman–Crippen MR) is 36.2 cm³/mol. The number of hydrogen-bond acceptors (Lipinski definition) is 2. The van der Waals surface area contributed by atoms with Gasteiger partial charge in [0, 0.05) is 0 Å². The highest BCUT2D eigenvalue weighted by Gasteiger charge is 2.00. The smallest absolute Gasteiger partial charge is 0.0165 e. The zero-order valence-corrected chi connectivity index (χ0v) is 6.08. The van der Waals surface area contributed by atoms with Crippen molar-refractivity contribution >= 4 is 0 Å². The van der Waals surface area contributed by atoms with Gasteiger partial charge in [-0.3, -0.25) is 0 Å².